The van der Waals surface area contributed by atoms with Crippen molar-refractivity contribution in [3.63, 3.8) is 0 Å². The largest absolute Gasteiger partial charge is 0.484 e. The predicted octanol–water partition coefficient (Wildman–Crippen LogP) is 4.80. The van der Waals surface area contributed by atoms with Crippen LogP contribution in [0.5, 0.6) is 5.75 Å². The molecule has 0 bridgehead atoms. The van der Waals surface area contributed by atoms with E-state index in [9.17, 15) is 0 Å². The zero-order valence-electron chi connectivity index (χ0n) is 11.4. The van der Waals surface area contributed by atoms with E-state index in [1.165, 1.54) is 11.3 Å². The first-order chi connectivity index (χ1) is 11.2. The number of ether oxygens (including phenoxy) is 1. The molecule has 0 fully saturated rings. The van der Waals surface area contributed by atoms with Crippen LogP contribution in [0.4, 0.5) is 0 Å². The average molecular weight is 383 g/mol. The third kappa shape index (κ3) is 2.92. The highest BCUT2D eigenvalue weighted by Crippen LogP contribution is 2.30. The molecular weight excluding hydrogens is 375 g/mol. The van der Waals surface area contributed by atoms with Crippen LogP contribution in [0.2, 0.25) is 10.0 Å². The van der Waals surface area contributed by atoms with Crippen molar-refractivity contribution in [1.29, 1.82) is 0 Å². The number of hydrogen-bond donors (Lipinski definition) is 0. The Bertz CT molecular complexity index is 965. The van der Waals surface area contributed by atoms with E-state index in [0.29, 0.717) is 21.6 Å². The minimum Gasteiger partial charge on any atom is -0.484 e. The van der Waals surface area contributed by atoms with E-state index in [4.69, 9.17) is 27.9 Å². The summed E-state index contributed by atoms with van der Waals surface area (Å²) < 4.78 is 7.40. The van der Waals surface area contributed by atoms with Crippen LogP contribution in [-0.2, 0) is 6.61 Å². The minimum absolute atomic E-state index is 0.218. The minimum atomic E-state index is 0.218. The summed E-state index contributed by atoms with van der Waals surface area (Å²) >= 11 is 15.1. The van der Waals surface area contributed by atoms with Gasteiger partial charge < -0.3 is 4.74 Å². The Morgan fingerprint density at radius 1 is 1.17 bits per heavy atom. The second kappa shape index (κ2) is 6.09. The lowest BCUT2D eigenvalue weighted by atomic mass is 10.3. The Morgan fingerprint density at radius 2 is 2.09 bits per heavy atom. The van der Waals surface area contributed by atoms with Gasteiger partial charge in [0.2, 0.25) is 4.96 Å². The van der Waals surface area contributed by atoms with E-state index >= 15 is 0 Å². The molecule has 4 aromatic rings. The number of halogens is 2. The summed E-state index contributed by atoms with van der Waals surface area (Å²) in [5.74, 6) is 1.16. The second-order valence-electron chi connectivity index (χ2n) is 4.56. The number of fused-ring (bicyclic) bond motifs is 1. The number of thiophene rings is 1. The summed E-state index contributed by atoms with van der Waals surface area (Å²) in [7, 11) is 0. The van der Waals surface area contributed by atoms with Gasteiger partial charge in [0.25, 0.3) is 0 Å². The van der Waals surface area contributed by atoms with Gasteiger partial charge in [-0.1, -0.05) is 40.6 Å². The third-order valence-corrected chi connectivity index (χ3v) is 5.51. The molecule has 1 aromatic carbocycles. The maximum absolute atomic E-state index is 6.10. The highest BCUT2D eigenvalue weighted by atomic mass is 35.5. The van der Waals surface area contributed by atoms with Crippen LogP contribution in [0.3, 0.4) is 0 Å². The molecule has 0 aliphatic heterocycles. The van der Waals surface area contributed by atoms with E-state index in [1.54, 1.807) is 34.1 Å². The van der Waals surface area contributed by atoms with Gasteiger partial charge in [-0.15, -0.1) is 21.5 Å². The van der Waals surface area contributed by atoms with Gasteiger partial charge in [-0.3, -0.25) is 0 Å². The summed E-state index contributed by atoms with van der Waals surface area (Å²) in [6.07, 6.45) is 0. The molecule has 9 heteroatoms. The molecule has 0 amide bonds. The molecule has 0 aliphatic rings. The number of aromatic nitrogens is 4. The van der Waals surface area contributed by atoms with Gasteiger partial charge in [-0.2, -0.15) is 9.61 Å². The van der Waals surface area contributed by atoms with Crippen LogP contribution < -0.4 is 4.74 Å². The summed E-state index contributed by atoms with van der Waals surface area (Å²) in [6, 6.07) is 9.10. The van der Waals surface area contributed by atoms with Crippen LogP contribution >= 0.6 is 45.9 Å². The van der Waals surface area contributed by atoms with Crippen molar-refractivity contribution >= 4 is 50.8 Å². The third-order valence-electron chi connectivity index (χ3n) is 3.04. The number of rotatable bonds is 4. The Labute approximate surface area is 149 Å². The zero-order chi connectivity index (χ0) is 15.8. The van der Waals surface area contributed by atoms with Gasteiger partial charge in [0, 0.05) is 5.02 Å². The molecular formula is C14H8Cl2N4OS2. The first-order valence-corrected chi connectivity index (χ1v) is 8.99. The fourth-order valence-electron chi connectivity index (χ4n) is 1.98. The lowest BCUT2D eigenvalue weighted by Crippen LogP contribution is -2.02. The molecule has 0 spiro atoms. The van der Waals surface area contributed by atoms with Crippen molar-refractivity contribution < 1.29 is 4.74 Å². The smallest absolute Gasteiger partial charge is 0.235 e. The number of nitrogens with zero attached hydrogens (tertiary/aromatic N) is 4. The lowest BCUT2D eigenvalue weighted by molar-refractivity contribution is 0.293. The van der Waals surface area contributed by atoms with Gasteiger partial charge in [0.15, 0.2) is 10.8 Å². The van der Waals surface area contributed by atoms with Crippen LogP contribution in [0, 0.1) is 0 Å². The summed E-state index contributed by atoms with van der Waals surface area (Å²) in [6.45, 7) is 0.218. The normalized spacial score (nSPS) is 11.2. The molecule has 0 unspecified atom stereocenters. The molecule has 4 rings (SSSR count). The fourth-order valence-corrected chi connectivity index (χ4v) is 4.10. The van der Waals surface area contributed by atoms with E-state index < -0.39 is 0 Å². The first-order valence-electron chi connectivity index (χ1n) is 6.53. The molecule has 5 nitrogen and oxygen atoms in total. The topological polar surface area (TPSA) is 52.3 Å². The van der Waals surface area contributed by atoms with Crippen molar-refractivity contribution in [3.05, 3.63) is 51.6 Å². The Morgan fingerprint density at radius 3 is 2.87 bits per heavy atom. The molecule has 3 aromatic heterocycles. The molecule has 3 heterocycles. The molecule has 0 saturated carbocycles. The van der Waals surface area contributed by atoms with Crippen molar-refractivity contribution in [2.75, 3.05) is 0 Å². The predicted molar refractivity (Wildman–Crippen MR) is 92.8 cm³/mol. The lowest BCUT2D eigenvalue weighted by Gasteiger charge is -2.06. The maximum atomic E-state index is 6.10. The Balaban J connectivity index is 1.59. The summed E-state index contributed by atoms with van der Waals surface area (Å²) in [5, 5.41) is 16.7. The molecule has 0 radical (unpaired) electrons. The zero-order valence-corrected chi connectivity index (χ0v) is 14.6. The van der Waals surface area contributed by atoms with Crippen LogP contribution in [-0.4, -0.2) is 19.8 Å². The summed E-state index contributed by atoms with van der Waals surface area (Å²) in [4.78, 5) is 1.84. The molecule has 0 aliphatic carbocycles. The summed E-state index contributed by atoms with van der Waals surface area (Å²) in [5.41, 5.74) is 0. The molecule has 23 heavy (non-hydrogen) atoms. The monoisotopic (exact) mass is 382 g/mol. The van der Waals surface area contributed by atoms with Gasteiger partial charge in [0.05, 0.1) is 9.90 Å². The average Bonchev–Trinajstić information content (AvgIpc) is 3.23. The number of hydrogen-bond acceptors (Lipinski definition) is 6. The SMILES string of the molecule is Clc1ccc(OCc2nnc3sc(-c4cccs4)nn23)c(Cl)c1. The quantitative estimate of drug-likeness (QED) is 0.508. The van der Waals surface area contributed by atoms with E-state index in [2.05, 4.69) is 15.3 Å². The van der Waals surface area contributed by atoms with Crippen LogP contribution in [0.15, 0.2) is 35.7 Å². The van der Waals surface area contributed by atoms with Crippen molar-refractivity contribution in [2.45, 2.75) is 6.61 Å². The molecule has 0 atom stereocenters. The van der Waals surface area contributed by atoms with Crippen LogP contribution in [0.1, 0.15) is 5.82 Å². The molecule has 116 valence electrons. The Hall–Kier alpha value is -1.67. The first kappa shape index (κ1) is 14.9. The fraction of sp³-hybridized carbons (Fsp3) is 0.0714. The van der Waals surface area contributed by atoms with Gasteiger partial charge in [-0.05, 0) is 29.6 Å². The van der Waals surface area contributed by atoms with Crippen LogP contribution in [0.25, 0.3) is 14.8 Å². The number of benzene rings is 1. The van der Waals surface area contributed by atoms with E-state index in [1.807, 2.05) is 17.5 Å². The maximum Gasteiger partial charge on any atom is 0.235 e. The van der Waals surface area contributed by atoms with Gasteiger partial charge >= 0.3 is 0 Å². The highest BCUT2D eigenvalue weighted by Gasteiger charge is 2.14. The molecule has 0 N–H and O–H groups in total. The van der Waals surface area contributed by atoms with E-state index in [0.717, 1.165) is 14.8 Å². The molecule has 0 saturated heterocycles. The standard InChI is InChI=1S/C14H8Cl2N4OS2/c15-8-3-4-10(9(16)6-8)21-7-12-17-18-14-20(12)19-13(23-14)11-2-1-5-22-11/h1-6H,7H2. The van der Waals surface area contributed by atoms with Crippen molar-refractivity contribution in [2.24, 2.45) is 0 Å². The highest BCUT2D eigenvalue weighted by molar-refractivity contribution is 7.23. The van der Waals surface area contributed by atoms with Gasteiger partial charge in [-0.25, -0.2) is 0 Å². The van der Waals surface area contributed by atoms with Gasteiger partial charge in [0.1, 0.15) is 12.4 Å². The Kier molecular flexibility index (Phi) is 3.94. The van der Waals surface area contributed by atoms with Crippen molar-refractivity contribution in [3.8, 4) is 15.6 Å². The second-order valence-corrected chi connectivity index (χ2v) is 7.31. The van der Waals surface area contributed by atoms with E-state index in [-0.39, 0.29) is 6.61 Å². The van der Waals surface area contributed by atoms with Crippen molar-refractivity contribution in [1.82, 2.24) is 19.8 Å².